The first kappa shape index (κ1) is 17.3. The van der Waals surface area contributed by atoms with Gasteiger partial charge in [0, 0.05) is 30.0 Å². The number of amidine groups is 1. The third-order valence-electron chi connectivity index (χ3n) is 4.18. The topological polar surface area (TPSA) is 94.3 Å². The molecule has 2 heterocycles. The number of fused-ring (bicyclic) bond motifs is 1. The second-order valence-electron chi connectivity index (χ2n) is 5.90. The van der Waals surface area contributed by atoms with Gasteiger partial charge in [-0.25, -0.2) is 0 Å². The van der Waals surface area contributed by atoms with Crippen LogP contribution in [0.25, 0.3) is 0 Å². The standard InChI is InChI=1S/C18H15N3O5S/c22-17(13-3-6-15-16(9-13)26-11-25-15)20-8-7-19-18(20)27-10-12-1-4-14(5-2-12)21(23)24/h1-6,9H,7-8,10-11H2. The molecule has 0 bridgehead atoms. The lowest BCUT2D eigenvalue weighted by Crippen LogP contribution is -2.32. The minimum Gasteiger partial charge on any atom is -0.454 e. The summed E-state index contributed by atoms with van der Waals surface area (Å²) in [5.74, 6) is 1.63. The van der Waals surface area contributed by atoms with Gasteiger partial charge in [0.25, 0.3) is 11.6 Å². The number of aliphatic imine (C=N–C) groups is 1. The number of nitrogens with zero attached hydrogens (tertiary/aromatic N) is 3. The molecule has 0 spiro atoms. The number of ether oxygens (including phenoxy) is 2. The minimum absolute atomic E-state index is 0.0570. The van der Waals surface area contributed by atoms with Crippen LogP contribution in [0.1, 0.15) is 15.9 Å². The fourth-order valence-corrected chi connectivity index (χ4v) is 3.79. The van der Waals surface area contributed by atoms with E-state index in [0.717, 1.165) is 5.56 Å². The minimum atomic E-state index is -0.427. The van der Waals surface area contributed by atoms with Crippen molar-refractivity contribution in [1.29, 1.82) is 0 Å². The Bertz CT molecular complexity index is 929. The first-order valence-corrected chi connectivity index (χ1v) is 9.22. The summed E-state index contributed by atoms with van der Waals surface area (Å²) in [5, 5.41) is 11.4. The van der Waals surface area contributed by atoms with Crippen LogP contribution in [0.15, 0.2) is 47.5 Å². The summed E-state index contributed by atoms with van der Waals surface area (Å²) in [6.07, 6.45) is 0. The van der Waals surface area contributed by atoms with Crippen molar-refractivity contribution in [2.24, 2.45) is 4.99 Å². The van der Waals surface area contributed by atoms with Gasteiger partial charge < -0.3 is 9.47 Å². The highest BCUT2D eigenvalue weighted by Crippen LogP contribution is 2.33. The fourth-order valence-electron chi connectivity index (χ4n) is 2.79. The van der Waals surface area contributed by atoms with Crippen molar-refractivity contribution in [2.75, 3.05) is 19.9 Å². The SMILES string of the molecule is O=C(c1ccc2c(c1)OCO2)N1CCN=C1SCc1ccc([N+](=O)[O-])cc1. The normalized spacial score (nSPS) is 15.0. The predicted molar refractivity (Wildman–Crippen MR) is 100 cm³/mol. The van der Waals surface area contributed by atoms with Gasteiger partial charge in [-0.3, -0.25) is 24.8 Å². The van der Waals surface area contributed by atoms with E-state index in [1.807, 2.05) is 0 Å². The number of nitro benzene ring substituents is 1. The average Bonchev–Trinajstić information content (AvgIpc) is 3.34. The molecular weight excluding hydrogens is 370 g/mol. The number of carbonyl (C=O) groups excluding carboxylic acids is 1. The highest BCUT2D eigenvalue weighted by Gasteiger charge is 2.26. The number of nitro groups is 1. The number of amides is 1. The lowest BCUT2D eigenvalue weighted by atomic mass is 10.2. The first-order valence-electron chi connectivity index (χ1n) is 8.24. The fraction of sp³-hybridized carbons (Fsp3) is 0.222. The molecule has 0 aliphatic carbocycles. The molecule has 1 amide bonds. The summed E-state index contributed by atoms with van der Waals surface area (Å²) in [6.45, 7) is 1.24. The van der Waals surface area contributed by atoms with Gasteiger partial charge in [0.2, 0.25) is 6.79 Å². The highest BCUT2D eigenvalue weighted by atomic mass is 32.2. The van der Waals surface area contributed by atoms with Crippen molar-refractivity contribution in [2.45, 2.75) is 5.75 Å². The van der Waals surface area contributed by atoms with E-state index in [1.165, 1.54) is 23.9 Å². The maximum absolute atomic E-state index is 12.8. The Hall–Kier alpha value is -3.07. The molecule has 9 heteroatoms. The Morgan fingerprint density at radius 3 is 2.74 bits per heavy atom. The summed E-state index contributed by atoms with van der Waals surface area (Å²) in [6, 6.07) is 11.5. The van der Waals surface area contributed by atoms with Crippen LogP contribution in [0, 0.1) is 10.1 Å². The Labute approximate surface area is 158 Å². The Kier molecular flexibility index (Phi) is 4.68. The number of thioether (sulfide) groups is 1. The predicted octanol–water partition coefficient (Wildman–Crippen LogP) is 3.07. The zero-order chi connectivity index (χ0) is 18.8. The quantitative estimate of drug-likeness (QED) is 0.593. The second-order valence-corrected chi connectivity index (χ2v) is 6.84. The zero-order valence-corrected chi connectivity index (χ0v) is 15.0. The van der Waals surface area contributed by atoms with Crippen LogP contribution in [-0.2, 0) is 5.75 Å². The molecular formula is C18H15N3O5S. The first-order chi connectivity index (χ1) is 13.1. The summed E-state index contributed by atoms with van der Waals surface area (Å²) in [4.78, 5) is 29.2. The van der Waals surface area contributed by atoms with E-state index in [-0.39, 0.29) is 18.4 Å². The van der Waals surface area contributed by atoms with Gasteiger partial charge in [-0.1, -0.05) is 23.9 Å². The van der Waals surface area contributed by atoms with Crippen molar-refractivity contribution >= 4 is 28.5 Å². The largest absolute Gasteiger partial charge is 0.454 e. The summed E-state index contributed by atoms with van der Waals surface area (Å²) in [7, 11) is 0. The monoisotopic (exact) mass is 385 g/mol. The molecule has 2 aliphatic heterocycles. The molecule has 0 N–H and O–H groups in total. The number of carbonyl (C=O) groups is 1. The van der Waals surface area contributed by atoms with Gasteiger partial charge in [0.15, 0.2) is 16.7 Å². The average molecular weight is 385 g/mol. The van der Waals surface area contributed by atoms with Crippen molar-refractivity contribution in [3.63, 3.8) is 0 Å². The third-order valence-corrected chi connectivity index (χ3v) is 5.27. The van der Waals surface area contributed by atoms with E-state index in [0.29, 0.717) is 41.1 Å². The van der Waals surface area contributed by atoms with Crippen LogP contribution in [0.4, 0.5) is 5.69 Å². The van der Waals surface area contributed by atoms with Crippen molar-refractivity contribution in [3.05, 3.63) is 63.7 Å². The summed E-state index contributed by atoms with van der Waals surface area (Å²) >= 11 is 1.44. The Balaban J connectivity index is 1.42. The molecule has 0 atom stereocenters. The highest BCUT2D eigenvalue weighted by molar-refractivity contribution is 8.13. The number of non-ortho nitro benzene ring substituents is 1. The van der Waals surface area contributed by atoms with E-state index in [9.17, 15) is 14.9 Å². The number of rotatable bonds is 4. The van der Waals surface area contributed by atoms with Gasteiger partial charge in [-0.05, 0) is 23.8 Å². The molecule has 138 valence electrons. The smallest absolute Gasteiger partial charge is 0.269 e. The van der Waals surface area contributed by atoms with Crippen molar-refractivity contribution in [1.82, 2.24) is 4.90 Å². The maximum atomic E-state index is 12.8. The molecule has 0 aromatic heterocycles. The van der Waals surface area contributed by atoms with Crippen molar-refractivity contribution in [3.8, 4) is 11.5 Å². The zero-order valence-electron chi connectivity index (χ0n) is 14.2. The number of hydrogen-bond donors (Lipinski definition) is 0. The van der Waals surface area contributed by atoms with Crippen LogP contribution in [0.2, 0.25) is 0 Å². The molecule has 0 saturated heterocycles. The maximum Gasteiger partial charge on any atom is 0.269 e. The lowest BCUT2D eigenvalue weighted by Gasteiger charge is -2.18. The molecule has 2 aromatic rings. The van der Waals surface area contributed by atoms with Crippen LogP contribution in [0.3, 0.4) is 0 Å². The van der Waals surface area contributed by atoms with Crippen LogP contribution in [0.5, 0.6) is 11.5 Å². The van der Waals surface area contributed by atoms with Crippen LogP contribution >= 0.6 is 11.8 Å². The molecule has 0 saturated carbocycles. The summed E-state index contributed by atoms with van der Waals surface area (Å²) < 4.78 is 10.6. The Morgan fingerprint density at radius 2 is 1.96 bits per heavy atom. The molecule has 0 unspecified atom stereocenters. The van der Waals surface area contributed by atoms with E-state index < -0.39 is 4.92 Å². The summed E-state index contributed by atoms with van der Waals surface area (Å²) in [5.41, 5.74) is 1.50. The van der Waals surface area contributed by atoms with Crippen LogP contribution in [-0.4, -0.2) is 40.8 Å². The van der Waals surface area contributed by atoms with Gasteiger partial charge in [-0.15, -0.1) is 0 Å². The van der Waals surface area contributed by atoms with E-state index >= 15 is 0 Å². The Morgan fingerprint density at radius 1 is 1.19 bits per heavy atom. The van der Waals surface area contributed by atoms with Crippen LogP contribution < -0.4 is 9.47 Å². The number of benzene rings is 2. The molecule has 2 aromatic carbocycles. The van der Waals surface area contributed by atoms with Gasteiger partial charge >= 0.3 is 0 Å². The third kappa shape index (κ3) is 3.59. The lowest BCUT2D eigenvalue weighted by molar-refractivity contribution is -0.384. The van der Waals surface area contributed by atoms with Crippen molar-refractivity contribution < 1.29 is 19.2 Å². The molecule has 4 rings (SSSR count). The molecule has 27 heavy (non-hydrogen) atoms. The van der Waals surface area contributed by atoms with E-state index in [4.69, 9.17) is 9.47 Å². The van der Waals surface area contributed by atoms with Gasteiger partial charge in [0.1, 0.15) is 0 Å². The molecule has 2 aliphatic rings. The van der Waals surface area contributed by atoms with E-state index in [1.54, 1.807) is 35.2 Å². The van der Waals surface area contributed by atoms with Gasteiger partial charge in [-0.2, -0.15) is 0 Å². The molecule has 0 fully saturated rings. The van der Waals surface area contributed by atoms with E-state index in [2.05, 4.69) is 4.99 Å². The molecule has 8 nitrogen and oxygen atoms in total. The molecule has 0 radical (unpaired) electrons. The second kappa shape index (κ2) is 7.28. The van der Waals surface area contributed by atoms with Gasteiger partial charge in [0.05, 0.1) is 11.5 Å². The number of hydrogen-bond acceptors (Lipinski definition) is 7.